The molecule has 1 heterocycles. The standard InChI is InChI=1S/C16H11F3N2O3/c17-16(18,19)14-6-8-3-10(1-2-13(8)21-14)20-15(24)9-4-11(22)7-12(23)5-9/h1-7,21-23H,(H,20,24). The summed E-state index contributed by atoms with van der Waals surface area (Å²) in [4.78, 5) is 14.4. The molecule has 0 spiro atoms. The SMILES string of the molecule is O=C(Nc1ccc2[nH]c(C(F)(F)F)cc2c1)c1cc(O)cc(O)c1. The van der Waals surface area contributed by atoms with Gasteiger partial charge in [0.05, 0.1) is 0 Å². The van der Waals surface area contributed by atoms with E-state index >= 15 is 0 Å². The van der Waals surface area contributed by atoms with Gasteiger partial charge >= 0.3 is 6.18 Å². The number of hydrogen-bond acceptors (Lipinski definition) is 3. The van der Waals surface area contributed by atoms with Gasteiger partial charge in [0, 0.05) is 28.2 Å². The number of carbonyl (C=O) groups excluding carboxylic acids is 1. The van der Waals surface area contributed by atoms with E-state index in [-0.39, 0.29) is 28.3 Å². The molecule has 1 aromatic heterocycles. The first kappa shape index (κ1) is 15.7. The van der Waals surface area contributed by atoms with Crippen molar-refractivity contribution < 1.29 is 28.2 Å². The molecule has 2 aromatic carbocycles. The molecule has 0 saturated heterocycles. The van der Waals surface area contributed by atoms with Crippen LogP contribution in [0.25, 0.3) is 10.9 Å². The maximum atomic E-state index is 12.7. The first-order chi connectivity index (χ1) is 11.2. The molecule has 0 saturated carbocycles. The van der Waals surface area contributed by atoms with Gasteiger partial charge in [-0.3, -0.25) is 4.79 Å². The molecule has 0 radical (unpaired) electrons. The fourth-order valence-corrected chi connectivity index (χ4v) is 2.29. The summed E-state index contributed by atoms with van der Waals surface area (Å²) in [7, 11) is 0. The number of aromatic nitrogens is 1. The number of amides is 1. The van der Waals surface area contributed by atoms with Crippen molar-refractivity contribution in [1.82, 2.24) is 4.98 Å². The summed E-state index contributed by atoms with van der Waals surface area (Å²) in [6.07, 6.45) is -4.48. The number of carbonyl (C=O) groups is 1. The topological polar surface area (TPSA) is 85.4 Å². The van der Waals surface area contributed by atoms with Crippen LogP contribution >= 0.6 is 0 Å². The van der Waals surface area contributed by atoms with Crippen LogP contribution in [0.4, 0.5) is 18.9 Å². The van der Waals surface area contributed by atoms with Gasteiger partial charge in [0.2, 0.25) is 0 Å². The highest BCUT2D eigenvalue weighted by Crippen LogP contribution is 2.32. The molecule has 3 aromatic rings. The largest absolute Gasteiger partial charge is 0.508 e. The molecule has 1 amide bonds. The minimum absolute atomic E-state index is 0.0117. The molecule has 124 valence electrons. The zero-order valence-electron chi connectivity index (χ0n) is 12.0. The molecule has 4 N–H and O–H groups in total. The molecule has 5 nitrogen and oxygen atoms in total. The second-order valence-corrected chi connectivity index (χ2v) is 5.18. The van der Waals surface area contributed by atoms with Crippen molar-refractivity contribution in [2.24, 2.45) is 0 Å². The van der Waals surface area contributed by atoms with Crippen molar-refractivity contribution in [2.75, 3.05) is 5.32 Å². The third kappa shape index (κ3) is 3.12. The summed E-state index contributed by atoms with van der Waals surface area (Å²) in [6.45, 7) is 0. The molecular weight excluding hydrogens is 325 g/mol. The number of phenols is 2. The highest BCUT2D eigenvalue weighted by molar-refractivity contribution is 6.05. The van der Waals surface area contributed by atoms with Gasteiger partial charge in [0.25, 0.3) is 5.91 Å². The molecule has 0 atom stereocenters. The molecule has 0 fully saturated rings. The highest BCUT2D eigenvalue weighted by Gasteiger charge is 2.32. The Morgan fingerprint density at radius 2 is 1.67 bits per heavy atom. The lowest BCUT2D eigenvalue weighted by Gasteiger charge is -2.06. The maximum Gasteiger partial charge on any atom is 0.431 e. The zero-order valence-corrected chi connectivity index (χ0v) is 12.0. The van der Waals surface area contributed by atoms with E-state index in [9.17, 15) is 28.2 Å². The predicted octanol–water partition coefficient (Wildman–Crippen LogP) is 3.85. The molecule has 24 heavy (non-hydrogen) atoms. The number of alkyl halides is 3. The molecule has 0 aliphatic carbocycles. The number of phenolic OH excluding ortho intramolecular Hbond substituents is 2. The van der Waals surface area contributed by atoms with Gasteiger partial charge in [-0.2, -0.15) is 13.2 Å². The van der Waals surface area contributed by atoms with Gasteiger partial charge in [-0.1, -0.05) is 0 Å². The highest BCUT2D eigenvalue weighted by atomic mass is 19.4. The molecule has 0 unspecified atom stereocenters. The van der Waals surface area contributed by atoms with Crippen LogP contribution in [0, 0.1) is 0 Å². The number of rotatable bonds is 2. The Balaban J connectivity index is 1.88. The van der Waals surface area contributed by atoms with E-state index in [0.717, 1.165) is 24.3 Å². The average Bonchev–Trinajstić information content (AvgIpc) is 2.89. The van der Waals surface area contributed by atoms with Crippen molar-refractivity contribution in [3.8, 4) is 11.5 Å². The van der Waals surface area contributed by atoms with E-state index in [0.29, 0.717) is 5.39 Å². The lowest BCUT2D eigenvalue weighted by molar-refractivity contribution is -0.140. The quantitative estimate of drug-likeness (QED) is 0.573. The summed E-state index contributed by atoms with van der Waals surface area (Å²) in [5.74, 6) is -1.18. The molecule has 3 rings (SSSR count). The normalized spacial score (nSPS) is 11.6. The van der Waals surface area contributed by atoms with Crippen molar-refractivity contribution >= 4 is 22.5 Å². The lowest BCUT2D eigenvalue weighted by atomic mass is 10.1. The summed E-state index contributed by atoms with van der Waals surface area (Å²) in [5.41, 5.74) is -0.296. The van der Waals surface area contributed by atoms with Crippen LogP contribution in [0.1, 0.15) is 16.1 Å². The fraction of sp³-hybridized carbons (Fsp3) is 0.0625. The lowest BCUT2D eigenvalue weighted by Crippen LogP contribution is -2.11. The fourth-order valence-electron chi connectivity index (χ4n) is 2.29. The zero-order chi connectivity index (χ0) is 17.5. The van der Waals surface area contributed by atoms with Crippen molar-refractivity contribution in [3.63, 3.8) is 0 Å². The number of H-pyrrole nitrogens is 1. The number of hydrogen-bond donors (Lipinski definition) is 4. The minimum Gasteiger partial charge on any atom is -0.508 e. The molecule has 0 aliphatic rings. The van der Waals surface area contributed by atoms with E-state index in [4.69, 9.17) is 0 Å². The van der Waals surface area contributed by atoms with Gasteiger partial charge < -0.3 is 20.5 Å². The van der Waals surface area contributed by atoms with E-state index < -0.39 is 17.8 Å². The predicted molar refractivity (Wildman–Crippen MR) is 81.0 cm³/mol. The first-order valence-electron chi connectivity index (χ1n) is 6.77. The summed E-state index contributed by atoms with van der Waals surface area (Å²) >= 11 is 0. The van der Waals surface area contributed by atoms with Crippen LogP contribution in [-0.4, -0.2) is 21.1 Å². The van der Waals surface area contributed by atoms with Gasteiger partial charge in [-0.05, 0) is 36.4 Å². The number of anilines is 1. The summed E-state index contributed by atoms with van der Waals surface area (Å²) < 4.78 is 38.1. The van der Waals surface area contributed by atoms with Crippen LogP contribution in [0.2, 0.25) is 0 Å². The van der Waals surface area contributed by atoms with Gasteiger partial charge in [0.15, 0.2) is 0 Å². The molecule has 8 heteroatoms. The molecule has 0 bridgehead atoms. The third-order valence-electron chi connectivity index (χ3n) is 3.35. The minimum atomic E-state index is -4.48. The number of halogens is 3. The average molecular weight is 336 g/mol. The van der Waals surface area contributed by atoms with Gasteiger partial charge in [-0.25, -0.2) is 0 Å². The van der Waals surface area contributed by atoms with Crippen LogP contribution in [0.3, 0.4) is 0 Å². The second kappa shape index (κ2) is 5.48. The smallest absolute Gasteiger partial charge is 0.431 e. The molecule has 0 aliphatic heterocycles. The van der Waals surface area contributed by atoms with E-state index in [2.05, 4.69) is 10.3 Å². The van der Waals surface area contributed by atoms with Crippen molar-refractivity contribution in [2.45, 2.75) is 6.18 Å². The number of nitrogens with one attached hydrogen (secondary N) is 2. The van der Waals surface area contributed by atoms with Crippen LogP contribution in [0.5, 0.6) is 11.5 Å². The Bertz CT molecular complexity index is 912. The summed E-state index contributed by atoms with van der Waals surface area (Å²) in [5, 5.41) is 21.5. The monoisotopic (exact) mass is 336 g/mol. The number of benzene rings is 2. The number of fused-ring (bicyclic) bond motifs is 1. The van der Waals surface area contributed by atoms with E-state index in [1.165, 1.54) is 18.2 Å². The summed E-state index contributed by atoms with van der Waals surface area (Å²) in [6, 6.07) is 8.59. The Morgan fingerprint density at radius 1 is 1.00 bits per heavy atom. The Hall–Kier alpha value is -3.16. The number of aromatic amines is 1. The third-order valence-corrected chi connectivity index (χ3v) is 3.35. The van der Waals surface area contributed by atoms with Crippen molar-refractivity contribution in [1.29, 1.82) is 0 Å². The van der Waals surface area contributed by atoms with E-state index in [1.807, 2.05) is 0 Å². The van der Waals surface area contributed by atoms with Crippen LogP contribution < -0.4 is 5.32 Å². The Morgan fingerprint density at radius 3 is 2.29 bits per heavy atom. The van der Waals surface area contributed by atoms with Gasteiger partial charge in [0.1, 0.15) is 17.2 Å². The van der Waals surface area contributed by atoms with Crippen LogP contribution in [-0.2, 0) is 6.18 Å². The molecular formula is C16H11F3N2O3. The number of aromatic hydroxyl groups is 2. The van der Waals surface area contributed by atoms with Gasteiger partial charge in [-0.15, -0.1) is 0 Å². The van der Waals surface area contributed by atoms with Crippen molar-refractivity contribution in [3.05, 3.63) is 53.7 Å². The maximum absolute atomic E-state index is 12.7. The van der Waals surface area contributed by atoms with Crippen LogP contribution in [0.15, 0.2) is 42.5 Å². The first-order valence-corrected chi connectivity index (χ1v) is 6.77. The second-order valence-electron chi connectivity index (χ2n) is 5.18. The Labute approximate surface area is 133 Å². The van der Waals surface area contributed by atoms with E-state index in [1.54, 1.807) is 0 Å². The Kier molecular flexibility index (Phi) is 3.59.